The normalized spacial score (nSPS) is 19.5. The average Bonchev–Trinajstić information content (AvgIpc) is 3.17. The number of amides is 1. The quantitative estimate of drug-likeness (QED) is 0.866. The Hall–Kier alpha value is -2.06. The number of pyridine rings is 1. The van der Waals surface area contributed by atoms with Crippen molar-refractivity contribution in [3.63, 3.8) is 0 Å². The molecule has 1 N–H and O–H groups in total. The Morgan fingerprint density at radius 3 is 2.71 bits per heavy atom. The highest BCUT2D eigenvalue weighted by Gasteiger charge is 2.44. The van der Waals surface area contributed by atoms with Crippen LogP contribution in [0.2, 0.25) is 0 Å². The van der Waals surface area contributed by atoms with E-state index >= 15 is 0 Å². The summed E-state index contributed by atoms with van der Waals surface area (Å²) in [6.07, 6.45) is 4.27. The van der Waals surface area contributed by atoms with Crippen molar-refractivity contribution in [2.75, 3.05) is 24.5 Å². The largest absolute Gasteiger partial charge is 0.317 e. The maximum Gasteiger partial charge on any atom is 0.228 e. The van der Waals surface area contributed by atoms with Gasteiger partial charge in [0.2, 0.25) is 5.91 Å². The number of nitrogens with one attached hydrogen (secondary N) is 1. The predicted octanol–water partition coefficient (Wildman–Crippen LogP) is 0.894. The van der Waals surface area contributed by atoms with Gasteiger partial charge in [0.15, 0.2) is 0 Å². The van der Waals surface area contributed by atoms with Gasteiger partial charge in [0.25, 0.3) is 0 Å². The molecule has 2 aliphatic rings. The van der Waals surface area contributed by atoms with E-state index in [1.54, 1.807) is 4.68 Å². The van der Waals surface area contributed by atoms with Crippen molar-refractivity contribution in [3.05, 3.63) is 24.2 Å². The minimum atomic E-state index is 0. The number of hydrogen-bond donors (Lipinski definition) is 1. The fourth-order valence-corrected chi connectivity index (χ4v) is 3.60. The summed E-state index contributed by atoms with van der Waals surface area (Å²) in [5, 5.41) is 14.5. The number of rotatable bonds is 2. The molecule has 1 spiro atoms. The highest BCUT2D eigenvalue weighted by molar-refractivity contribution is 5.95. The molecule has 2 aliphatic heterocycles. The topological polar surface area (TPSA) is 88.8 Å². The Morgan fingerprint density at radius 1 is 1.25 bits per heavy atom. The number of nitrogens with zero attached hydrogens (tertiary/aromatic N) is 6. The minimum absolute atomic E-state index is 0. The van der Waals surface area contributed by atoms with Crippen LogP contribution in [0.1, 0.15) is 25.0 Å². The summed E-state index contributed by atoms with van der Waals surface area (Å²) in [6, 6.07) is 3.79. The second-order valence-corrected chi connectivity index (χ2v) is 6.44. The molecule has 0 saturated carbocycles. The smallest absolute Gasteiger partial charge is 0.228 e. The first kappa shape index (κ1) is 16.8. The van der Waals surface area contributed by atoms with Crippen molar-refractivity contribution >= 4 is 24.1 Å². The van der Waals surface area contributed by atoms with Crippen molar-refractivity contribution < 1.29 is 4.79 Å². The van der Waals surface area contributed by atoms with Crippen molar-refractivity contribution in [3.8, 4) is 5.69 Å². The number of anilines is 1. The number of carbonyl (C=O) groups is 1. The second-order valence-electron chi connectivity index (χ2n) is 6.44. The fourth-order valence-electron chi connectivity index (χ4n) is 3.60. The number of aryl methyl sites for hydroxylation is 1. The van der Waals surface area contributed by atoms with E-state index in [-0.39, 0.29) is 23.7 Å². The van der Waals surface area contributed by atoms with Crippen LogP contribution in [0.15, 0.2) is 18.5 Å². The molecular weight excluding hydrogens is 330 g/mol. The first-order valence-corrected chi connectivity index (χ1v) is 7.89. The van der Waals surface area contributed by atoms with E-state index in [9.17, 15) is 4.79 Å². The number of carbonyl (C=O) groups excluding carboxylic acids is 1. The summed E-state index contributed by atoms with van der Waals surface area (Å²) < 4.78 is 1.58. The summed E-state index contributed by atoms with van der Waals surface area (Å²) >= 11 is 0. The molecule has 2 aromatic heterocycles. The molecule has 0 radical (unpaired) electrons. The molecule has 0 aliphatic carbocycles. The van der Waals surface area contributed by atoms with E-state index in [0.717, 1.165) is 49.7 Å². The van der Waals surface area contributed by atoms with Gasteiger partial charge in [-0.1, -0.05) is 0 Å². The van der Waals surface area contributed by atoms with Crippen LogP contribution in [-0.4, -0.2) is 50.7 Å². The summed E-state index contributed by atoms with van der Waals surface area (Å²) in [6.45, 7) is 4.66. The molecular formula is C15H20ClN7O. The van der Waals surface area contributed by atoms with Crippen LogP contribution in [-0.2, 0) is 4.79 Å². The molecule has 1 amide bonds. The number of hydrogen-bond acceptors (Lipinski definition) is 6. The van der Waals surface area contributed by atoms with Crippen LogP contribution in [0.5, 0.6) is 0 Å². The molecule has 128 valence electrons. The Kier molecular flexibility index (Phi) is 4.51. The first-order chi connectivity index (χ1) is 11.2. The predicted molar refractivity (Wildman–Crippen MR) is 90.4 cm³/mol. The van der Waals surface area contributed by atoms with E-state index in [1.807, 2.05) is 24.0 Å². The van der Waals surface area contributed by atoms with E-state index in [1.165, 1.54) is 6.33 Å². The maximum absolute atomic E-state index is 12.5. The Bertz CT molecular complexity index is 727. The molecule has 4 heterocycles. The lowest BCUT2D eigenvalue weighted by atomic mass is 9.78. The van der Waals surface area contributed by atoms with Crippen molar-refractivity contribution in [2.45, 2.75) is 26.2 Å². The summed E-state index contributed by atoms with van der Waals surface area (Å²) in [5.74, 6) is 0.897. The average molecular weight is 350 g/mol. The van der Waals surface area contributed by atoms with Gasteiger partial charge in [-0.05, 0) is 60.8 Å². The van der Waals surface area contributed by atoms with Crippen LogP contribution < -0.4 is 10.2 Å². The van der Waals surface area contributed by atoms with Gasteiger partial charge in [-0.15, -0.1) is 17.5 Å². The standard InChI is InChI=1S/C15H19N7O.ClH/c1-11-12(22-10-17-19-20-22)2-3-13(18-11)21-9-15(8-14(21)23)4-6-16-7-5-15;/h2-3,10,16H,4-9H2,1H3;1H. The third-order valence-electron chi connectivity index (χ3n) is 4.90. The molecule has 0 bridgehead atoms. The van der Waals surface area contributed by atoms with Crippen LogP contribution in [0.3, 0.4) is 0 Å². The van der Waals surface area contributed by atoms with Gasteiger partial charge in [0, 0.05) is 13.0 Å². The Balaban J connectivity index is 0.00000169. The number of halogens is 1. The summed E-state index contributed by atoms with van der Waals surface area (Å²) in [5.41, 5.74) is 1.74. The van der Waals surface area contributed by atoms with E-state index in [0.29, 0.717) is 6.42 Å². The van der Waals surface area contributed by atoms with E-state index in [2.05, 4.69) is 25.8 Å². The van der Waals surface area contributed by atoms with Crippen molar-refractivity contribution in [1.29, 1.82) is 0 Å². The van der Waals surface area contributed by atoms with Gasteiger partial charge >= 0.3 is 0 Å². The SMILES string of the molecule is Cc1nc(N2CC3(CCNCC3)CC2=O)ccc1-n1cnnn1.Cl. The number of aromatic nitrogens is 5. The molecule has 4 rings (SSSR count). The lowest BCUT2D eigenvalue weighted by Gasteiger charge is -2.32. The highest BCUT2D eigenvalue weighted by atomic mass is 35.5. The number of tetrazole rings is 1. The van der Waals surface area contributed by atoms with E-state index in [4.69, 9.17) is 0 Å². The van der Waals surface area contributed by atoms with E-state index < -0.39 is 0 Å². The van der Waals surface area contributed by atoms with Crippen molar-refractivity contribution in [1.82, 2.24) is 30.5 Å². The Morgan fingerprint density at radius 2 is 2.04 bits per heavy atom. The zero-order valence-electron chi connectivity index (χ0n) is 13.5. The lowest BCUT2D eigenvalue weighted by Crippen LogP contribution is -2.38. The van der Waals surface area contributed by atoms with Crippen LogP contribution in [0, 0.1) is 12.3 Å². The van der Waals surface area contributed by atoms with Gasteiger partial charge in [0.05, 0.1) is 11.4 Å². The van der Waals surface area contributed by atoms with Gasteiger partial charge in [0.1, 0.15) is 12.1 Å². The van der Waals surface area contributed by atoms with Crippen LogP contribution in [0.25, 0.3) is 5.69 Å². The minimum Gasteiger partial charge on any atom is -0.317 e. The zero-order valence-corrected chi connectivity index (χ0v) is 14.3. The molecule has 0 atom stereocenters. The second kappa shape index (κ2) is 6.45. The summed E-state index contributed by atoms with van der Waals surface area (Å²) in [7, 11) is 0. The molecule has 0 aromatic carbocycles. The molecule has 24 heavy (non-hydrogen) atoms. The fraction of sp³-hybridized carbons (Fsp3) is 0.533. The lowest BCUT2D eigenvalue weighted by molar-refractivity contribution is -0.118. The monoisotopic (exact) mass is 349 g/mol. The highest BCUT2D eigenvalue weighted by Crippen LogP contribution is 2.40. The van der Waals surface area contributed by atoms with Gasteiger partial charge in [-0.2, -0.15) is 4.68 Å². The van der Waals surface area contributed by atoms with Crippen LogP contribution >= 0.6 is 12.4 Å². The number of piperidine rings is 1. The van der Waals surface area contributed by atoms with Crippen molar-refractivity contribution in [2.24, 2.45) is 5.41 Å². The third kappa shape index (κ3) is 2.87. The molecule has 8 nitrogen and oxygen atoms in total. The zero-order chi connectivity index (χ0) is 15.9. The van der Waals surface area contributed by atoms with Gasteiger partial charge < -0.3 is 5.32 Å². The maximum atomic E-state index is 12.5. The molecule has 9 heteroatoms. The summed E-state index contributed by atoms with van der Waals surface area (Å²) in [4.78, 5) is 18.9. The molecule has 2 fully saturated rings. The van der Waals surface area contributed by atoms with Crippen LogP contribution in [0.4, 0.5) is 5.82 Å². The molecule has 2 aromatic rings. The molecule has 2 saturated heterocycles. The van der Waals surface area contributed by atoms with Gasteiger partial charge in [-0.3, -0.25) is 9.69 Å². The Labute approximate surface area is 146 Å². The first-order valence-electron chi connectivity index (χ1n) is 7.89. The third-order valence-corrected chi connectivity index (χ3v) is 4.90. The van der Waals surface area contributed by atoms with Gasteiger partial charge in [-0.25, -0.2) is 4.98 Å². The molecule has 0 unspecified atom stereocenters.